The van der Waals surface area contributed by atoms with Gasteiger partial charge in [0.05, 0.1) is 24.3 Å². The van der Waals surface area contributed by atoms with Gasteiger partial charge < -0.3 is 19.7 Å². The van der Waals surface area contributed by atoms with E-state index in [1.807, 2.05) is 42.5 Å². The Morgan fingerprint density at radius 2 is 2.00 bits per heavy atom. The maximum atomic E-state index is 12.5. The number of methoxy groups -OCH3 is 1. The second-order valence-corrected chi connectivity index (χ2v) is 8.32. The fraction of sp³-hybridized carbons (Fsp3) is 0.385. The van der Waals surface area contributed by atoms with Crippen LogP contribution < -0.4 is 19.7 Å². The number of ether oxygens (including phenoxy) is 2. The van der Waals surface area contributed by atoms with Gasteiger partial charge in [-0.1, -0.05) is 6.07 Å². The average molecular weight is 447 g/mol. The van der Waals surface area contributed by atoms with Crippen LogP contribution in [0.1, 0.15) is 24.0 Å². The molecule has 2 heterocycles. The Labute approximate surface area is 195 Å². The smallest absolute Gasteiger partial charge is 0.250 e. The molecule has 0 radical (unpaired) electrons. The van der Waals surface area contributed by atoms with Crippen molar-refractivity contribution in [2.45, 2.75) is 12.8 Å². The molecule has 7 heteroatoms. The minimum Gasteiger partial charge on any atom is -0.497 e. The number of amides is 1. The van der Waals surface area contributed by atoms with Crippen LogP contribution in [-0.4, -0.2) is 63.8 Å². The van der Waals surface area contributed by atoms with Gasteiger partial charge in [-0.3, -0.25) is 9.69 Å². The van der Waals surface area contributed by atoms with Crippen molar-refractivity contribution in [1.82, 2.24) is 10.2 Å². The SMILES string of the molecule is COc1ccc2c(c1)C=C(C(=O)NCCCCN1CCN(c3cccc(C#N)c3)CC1)CO2. The molecular weight excluding hydrogens is 416 g/mol. The predicted octanol–water partition coefficient (Wildman–Crippen LogP) is 3.06. The van der Waals surface area contributed by atoms with Crippen molar-refractivity contribution >= 4 is 17.7 Å². The minimum absolute atomic E-state index is 0.0725. The van der Waals surface area contributed by atoms with Gasteiger partial charge in [-0.25, -0.2) is 0 Å². The van der Waals surface area contributed by atoms with Crippen molar-refractivity contribution in [3.05, 3.63) is 59.2 Å². The summed E-state index contributed by atoms with van der Waals surface area (Å²) in [5.74, 6) is 1.44. The van der Waals surface area contributed by atoms with Crippen LogP contribution in [0.25, 0.3) is 6.08 Å². The van der Waals surface area contributed by atoms with Gasteiger partial charge in [-0.2, -0.15) is 5.26 Å². The average Bonchev–Trinajstić information content (AvgIpc) is 2.88. The maximum Gasteiger partial charge on any atom is 0.250 e. The Balaban J connectivity index is 1.15. The number of nitrogens with one attached hydrogen (secondary N) is 1. The molecule has 2 aromatic rings. The molecule has 1 amide bonds. The van der Waals surface area contributed by atoms with Crippen LogP contribution in [0.15, 0.2) is 48.0 Å². The highest BCUT2D eigenvalue weighted by molar-refractivity contribution is 5.99. The summed E-state index contributed by atoms with van der Waals surface area (Å²) in [5, 5.41) is 12.1. The number of hydrogen-bond acceptors (Lipinski definition) is 6. The molecule has 1 saturated heterocycles. The van der Waals surface area contributed by atoms with E-state index in [4.69, 9.17) is 14.7 Å². The summed E-state index contributed by atoms with van der Waals surface area (Å²) in [4.78, 5) is 17.3. The van der Waals surface area contributed by atoms with Crippen LogP contribution >= 0.6 is 0 Å². The first-order chi connectivity index (χ1) is 16.2. The monoisotopic (exact) mass is 446 g/mol. The highest BCUT2D eigenvalue weighted by Crippen LogP contribution is 2.29. The number of nitriles is 1. The normalized spacial score (nSPS) is 15.6. The van der Waals surface area contributed by atoms with Gasteiger partial charge in [0, 0.05) is 44.0 Å². The number of nitrogens with zero attached hydrogens (tertiary/aromatic N) is 3. The van der Waals surface area contributed by atoms with Crippen LogP contribution in [-0.2, 0) is 4.79 Å². The summed E-state index contributed by atoms with van der Waals surface area (Å²) in [6.45, 7) is 5.92. The first-order valence-electron chi connectivity index (χ1n) is 11.4. The lowest BCUT2D eigenvalue weighted by molar-refractivity contribution is -0.117. The molecule has 172 valence electrons. The van der Waals surface area contributed by atoms with Gasteiger partial charge in [0.2, 0.25) is 0 Å². The molecule has 0 unspecified atom stereocenters. The van der Waals surface area contributed by atoms with Crippen molar-refractivity contribution in [3.63, 3.8) is 0 Å². The van der Waals surface area contributed by atoms with Crippen LogP contribution in [0, 0.1) is 11.3 Å². The third kappa shape index (κ3) is 5.85. The number of fused-ring (bicyclic) bond motifs is 1. The fourth-order valence-corrected chi connectivity index (χ4v) is 4.19. The summed E-state index contributed by atoms with van der Waals surface area (Å²) in [5.41, 5.74) is 3.33. The van der Waals surface area contributed by atoms with E-state index in [0.717, 1.165) is 68.3 Å². The molecule has 0 saturated carbocycles. The lowest BCUT2D eigenvalue weighted by Crippen LogP contribution is -2.46. The lowest BCUT2D eigenvalue weighted by atomic mass is 10.1. The molecule has 33 heavy (non-hydrogen) atoms. The van der Waals surface area contributed by atoms with Gasteiger partial charge in [0.1, 0.15) is 18.1 Å². The summed E-state index contributed by atoms with van der Waals surface area (Å²) in [7, 11) is 1.62. The van der Waals surface area contributed by atoms with E-state index in [0.29, 0.717) is 17.7 Å². The lowest BCUT2D eigenvalue weighted by Gasteiger charge is -2.36. The summed E-state index contributed by atoms with van der Waals surface area (Å²) < 4.78 is 11.0. The third-order valence-corrected chi connectivity index (χ3v) is 6.12. The molecule has 2 aromatic carbocycles. The van der Waals surface area contributed by atoms with Crippen LogP contribution in [0.5, 0.6) is 11.5 Å². The van der Waals surface area contributed by atoms with Crippen molar-refractivity contribution in [2.24, 2.45) is 0 Å². The van der Waals surface area contributed by atoms with Crippen molar-refractivity contribution in [2.75, 3.05) is 57.9 Å². The van der Waals surface area contributed by atoms with E-state index in [9.17, 15) is 4.79 Å². The fourth-order valence-electron chi connectivity index (χ4n) is 4.19. The summed E-state index contributed by atoms with van der Waals surface area (Å²) in [6.07, 6.45) is 3.86. The second-order valence-electron chi connectivity index (χ2n) is 8.32. The highest BCUT2D eigenvalue weighted by atomic mass is 16.5. The van der Waals surface area contributed by atoms with Gasteiger partial charge in [-0.05, 0) is 61.9 Å². The van der Waals surface area contributed by atoms with E-state index in [1.54, 1.807) is 7.11 Å². The molecule has 0 aromatic heterocycles. The molecule has 2 aliphatic heterocycles. The Morgan fingerprint density at radius 3 is 2.79 bits per heavy atom. The van der Waals surface area contributed by atoms with E-state index in [1.165, 1.54) is 0 Å². The summed E-state index contributed by atoms with van der Waals surface area (Å²) >= 11 is 0. The Bertz CT molecular complexity index is 1050. The topological polar surface area (TPSA) is 77.8 Å². The van der Waals surface area contributed by atoms with Crippen molar-refractivity contribution in [3.8, 4) is 17.6 Å². The van der Waals surface area contributed by atoms with Crippen LogP contribution in [0.4, 0.5) is 5.69 Å². The standard InChI is InChI=1S/C26H30N4O3/c1-32-24-7-8-25-21(17-24)16-22(19-33-25)26(31)28-9-2-3-10-29-11-13-30(14-12-29)23-6-4-5-20(15-23)18-27/h4-8,15-17H,2-3,9-14,19H2,1H3,(H,28,31). The zero-order valence-electron chi connectivity index (χ0n) is 19.0. The molecule has 0 atom stereocenters. The number of anilines is 1. The number of benzene rings is 2. The number of unbranched alkanes of at least 4 members (excludes halogenated alkanes) is 1. The van der Waals surface area contributed by atoms with Gasteiger partial charge >= 0.3 is 0 Å². The number of carbonyl (C=O) groups excluding carboxylic acids is 1. The van der Waals surface area contributed by atoms with E-state index in [-0.39, 0.29) is 12.5 Å². The van der Waals surface area contributed by atoms with Crippen molar-refractivity contribution in [1.29, 1.82) is 5.26 Å². The molecule has 0 aliphatic carbocycles. The van der Waals surface area contributed by atoms with E-state index in [2.05, 4.69) is 27.3 Å². The summed E-state index contributed by atoms with van der Waals surface area (Å²) in [6, 6.07) is 15.6. The number of carbonyl (C=O) groups is 1. The molecule has 7 nitrogen and oxygen atoms in total. The quantitative estimate of drug-likeness (QED) is 0.628. The highest BCUT2D eigenvalue weighted by Gasteiger charge is 2.19. The number of hydrogen-bond donors (Lipinski definition) is 1. The van der Waals surface area contributed by atoms with Crippen LogP contribution in [0.2, 0.25) is 0 Å². The number of rotatable bonds is 8. The first kappa shape index (κ1) is 22.7. The molecule has 0 bridgehead atoms. The second kappa shape index (κ2) is 10.9. The van der Waals surface area contributed by atoms with Gasteiger partial charge in [0.25, 0.3) is 5.91 Å². The molecule has 2 aliphatic rings. The third-order valence-electron chi connectivity index (χ3n) is 6.12. The molecule has 0 spiro atoms. The van der Waals surface area contributed by atoms with Crippen LogP contribution in [0.3, 0.4) is 0 Å². The predicted molar refractivity (Wildman–Crippen MR) is 129 cm³/mol. The Hall–Kier alpha value is -3.50. The Morgan fingerprint density at radius 1 is 1.15 bits per heavy atom. The molecular formula is C26H30N4O3. The van der Waals surface area contributed by atoms with E-state index >= 15 is 0 Å². The van der Waals surface area contributed by atoms with Gasteiger partial charge in [0.15, 0.2) is 0 Å². The number of piperazine rings is 1. The zero-order chi connectivity index (χ0) is 23.0. The molecule has 1 fully saturated rings. The molecule has 1 N–H and O–H groups in total. The minimum atomic E-state index is -0.0725. The van der Waals surface area contributed by atoms with Gasteiger partial charge in [-0.15, -0.1) is 0 Å². The first-order valence-corrected chi connectivity index (χ1v) is 11.4. The molecule has 4 rings (SSSR count). The van der Waals surface area contributed by atoms with Crippen molar-refractivity contribution < 1.29 is 14.3 Å². The largest absolute Gasteiger partial charge is 0.497 e. The Kier molecular flexibility index (Phi) is 7.48. The zero-order valence-corrected chi connectivity index (χ0v) is 19.0. The van der Waals surface area contributed by atoms with E-state index < -0.39 is 0 Å². The maximum absolute atomic E-state index is 12.5.